The lowest BCUT2D eigenvalue weighted by Gasteiger charge is -2.13. The quantitative estimate of drug-likeness (QED) is 0.482. The first kappa shape index (κ1) is 23.1. The molecule has 0 spiro atoms. The summed E-state index contributed by atoms with van der Waals surface area (Å²) in [7, 11) is -3.74. The van der Waals surface area contributed by atoms with Crippen molar-refractivity contribution in [3.63, 3.8) is 0 Å². The maximum Gasteiger partial charge on any atom is 0.261 e. The maximum absolute atomic E-state index is 12.7. The largest absolute Gasteiger partial charge is 0.490 e. The number of amides is 1. The van der Waals surface area contributed by atoms with Gasteiger partial charge in [-0.05, 0) is 75.4 Å². The number of nitrogens with one attached hydrogen (secondary N) is 2. The van der Waals surface area contributed by atoms with Gasteiger partial charge in [-0.25, -0.2) is 8.42 Å². The molecule has 2 N–H and O–H groups in total. The molecule has 32 heavy (non-hydrogen) atoms. The van der Waals surface area contributed by atoms with Crippen molar-refractivity contribution in [1.29, 1.82) is 0 Å². The van der Waals surface area contributed by atoms with Crippen LogP contribution in [0.25, 0.3) is 0 Å². The van der Waals surface area contributed by atoms with Crippen LogP contribution in [0.5, 0.6) is 11.5 Å². The SMILES string of the molecule is CCOc1ccc(C(=O)Nc2ccc(S(=O)(=O)Nc3ccc(C)cc3)cc2)cc1OCC. The minimum absolute atomic E-state index is 0.0933. The molecule has 0 fully saturated rings. The topological polar surface area (TPSA) is 93.7 Å². The Bertz CT molecular complexity index is 1170. The fraction of sp³-hybridized carbons (Fsp3) is 0.208. The van der Waals surface area contributed by atoms with E-state index in [1.807, 2.05) is 32.9 Å². The molecule has 0 saturated carbocycles. The zero-order valence-corrected chi connectivity index (χ0v) is 19.0. The van der Waals surface area contributed by atoms with Crippen molar-refractivity contribution in [2.75, 3.05) is 23.3 Å². The third-order valence-corrected chi connectivity index (χ3v) is 5.93. The Morgan fingerprint density at radius 1 is 0.812 bits per heavy atom. The molecule has 1 amide bonds. The Kier molecular flexibility index (Phi) is 7.37. The van der Waals surface area contributed by atoms with Gasteiger partial charge in [0.15, 0.2) is 11.5 Å². The summed E-state index contributed by atoms with van der Waals surface area (Å²) in [6.07, 6.45) is 0. The summed E-state index contributed by atoms with van der Waals surface area (Å²) in [5.74, 6) is 0.717. The van der Waals surface area contributed by atoms with Crippen LogP contribution in [-0.2, 0) is 10.0 Å². The van der Waals surface area contributed by atoms with Crippen LogP contribution in [-0.4, -0.2) is 27.5 Å². The van der Waals surface area contributed by atoms with E-state index >= 15 is 0 Å². The number of ether oxygens (including phenoxy) is 2. The van der Waals surface area contributed by atoms with E-state index in [4.69, 9.17) is 9.47 Å². The van der Waals surface area contributed by atoms with Gasteiger partial charge in [0.05, 0.1) is 18.1 Å². The van der Waals surface area contributed by atoms with Crippen molar-refractivity contribution in [2.45, 2.75) is 25.7 Å². The molecule has 0 atom stereocenters. The molecular formula is C24H26N2O5S. The van der Waals surface area contributed by atoms with Crippen molar-refractivity contribution in [3.8, 4) is 11.5 Å². The van der Waals surface area contributed by atoms with Crippen LogP contribution in [0.15, 0.2) is 71.6 Å². The second-order valence-electron chi connectivity index (χ2n) is 6.98. The summed E-state index contributed by atoms with van der Waals surface area (Å²) in [4.78, 5) is 12.7. The molecule has 0 saturated heterocycles. The van der Waals surface area contributed by atoms with Gasteiger partial charge in [0, 0.05) is 16.9 Å². The van der Waals surface area contributed by atoms with Crippen LogP contribution in [0.1, 0.15) is 29.8 Å². The van der Waals surface area contributed by atoms with E-state index in [0.29, 0.717) is 41.7 Å². The Morgan fingerprint density at radius 2 is 1.41 bits per heavy atom. The lowest BCUT2D eigenvalue weighted by atomic mass is 10.2. The number of hydrogen-bond donors (Lipinski definition) is 2. The summed E-state index contributed by atoms with van der Waals surface area (Å²) in [5, 5.41) is 2.76. The summed E-state index contributed by atoms with van der Waals surface area (Å²) in [6, 6.07) is 18.0. The number of benzene rings is 3. The maximum atomic E-state index is 12.7. The van der Waals surface area contributed by atoms with E-state index in [-0.39, 0.29) is 10.8 Å². The first-order valence-corrected chi connectivity index (χ1v) is 11.7. The fourth-order valence-corrected chi connectivity index (χ4v) is 4.01. The molecule has 0 aliphatic heterocycles. The summed E-state index contributed by atoms with van der Waals surface area (Å²) in [5.41, 5.74) is 2.38. The monoisotopic (exact) mass is 454 g/mol. The lowest BCUT2D eigenvalue weighted by molar-refractivity contribution is 0.102. The highest BCUT2D eigenvalue weighted by molar-refractivity contribution is 7.92. The molecule has 0 unspecified atom stereocenters. The van der Waals surface area contributed by atoms with E-state index in [9.17, 15) is 13.2 Å². The number of anilines is 2. The molecule has 0 aromatic heterocycles. The van der Waals surface area contributed by atoms with E-state index in [0.717, 1.165) is 5.56 Å². The van der Waals surface area contributed by atoms with Gasteiger partial charge in [-0.3, -0.25) is 9.52 Å². The molecule has 168 valence electrons. The average Bonchev–Trinajstić information content (AvgIpc) is 2.77. The molecule has 3 rings (SSSR count). The van der Waals surface area contributed by atoms with Crippen LogP contribution in [0.3, 0.4) is 0 Å². The van der Waals surface area contributed by atoms with E-state index in [2.05, 4.69) is 10.0 Å². The molecule has 7 nitrogen and oxygen atoms in total. The van der Waals surface area contributed by atoms with Crippen molar-refractivity contribution in [1.82, 2.24) is 0 Å². The standard InChI is InChI=1S/C24H26N2O5S/c1-4-30-22-15-8-18(16-23(22)31-5-2)24(27)25-19-11-13-21(14-12-19)32(28,29)26-20-9-6-17(3)7-10-20/h6-16,26H,4-5H2,1-3H3,(H,25,27). The molecule has 0 aliphatic rings. The van der Waals surface area contributed by atoms with Gasteiger partial charge in [0.2, 0.25) is 0 Å². The van der Waals surface area contributed by atoms with Gasteiger partial charge < -0.3 is 14.8 Å². The normalized spacial score (nSPS) is 11.0. The number of carbonyl (C=O) groups is 1. The molecule has 8 heteroatoms. The summed E-state index contributed by atoms with van der Waals surface area (Å²) >= 11 is 0. The molecular weight excluding hydrogens is 428 g/mol. The first-order chi connectivity index (χ1) is 15.3. The molecule has 0 heterocycles. The molecule has 0 radical (unpaired) electrons. The van der Waals surface area contributed by atoms with E-state index in [1.54, 1.807) is 42.5 Å². The van der Waals surface area contributed by atoms with Gasteiger partial charge >= 0.3 is 0 Å². The number of carbonyl (C=O) groups excluding carboxylic acids is 1. The minimum atomic E-state index is -3.74. The van der Waals surface area contributed by atoms with Crippen LogP contribution < -0.4 is 19.5 Å². The lowest BCUT2D eigenvalue weighted by Crippen LogP contribution is -2.14. The van der Waals surface area contributed by atoms with Gasteiger partial charge in [-0.2, -0.15) is 0 Å². The van der Waals surface area contributed by atoms with Gasteiger partial charge in [0.1, 0.15) is 0 Å². The van der Waals surface area contributed by atoms with Gasteiger partial charge in [-0.15, -0.1) is 0 Å². The highest BCUT2D eigenvalue weighted by Gasteiger charge is 2.15. The zero-order chi connectivity index (χ0) is 23.1. The van der Waals surface area contributed by atoms with Crippen molar-refractivity contribution < 1.29 is 22.7 Å². The van der Waals surface area contributed by atoms with Crippen molar-refractivity contribution >= 4 is 27.3 Å². The van der Waals surface area contributed by atoms with Crippen molar-refractivity contribution in [2.24, 2.45) is 0 Å². The highest BCUT2D eigenvalue weighted by Crippen LogP contribution is 2.29. The van der Waals surface area contributed by atoms with Crippen LogP contribution >= 0.6 is 0 Å². The van der Waals surface area contributed by atoms with E-state index in [1.165, 1.54) is 12.1 Å². The molecule has 3 aromatic rings. The summed E-state index contributed by atoms with van der Waals surface area (Å²) in [6.45, 7) is 6.58. The molecule has 3 aromatic carbocycles. The Labute approximate surface area is 188 Å². The average molecular weight is 455 g/mol. The Hall–Kier alpha value is -3.52. The number of rotatable bonds is 9. The third kappa shape index (κ3) is 5.79. The zero-order valence-electron chi connectivity index (χ0n) is 18.2. The highest BCUT2D eigenvalue weighted by atomic mass is 32.2. The number of hydrogen-bond acceptors (Lipinski definition) is 5. The second-order valence-corrected chi connectivity index (χ2v) is 8.66. The number of aryl methyl sites for hydroxylation is 1. The molecule has 0 bridgehead atoms. The molecule has 0 aliphatic carbocycles. The summed E-state index contributed by atoms with van der Waals surface area (Å²) < 4.78 is 38.8. The number of sulfonamides is 1. The van der Waals surface area contributed by atoms with Gasteiger partial charge in [-0.1, -0.05) is 17.7 Å². The first-order valence-electron chi connectivity index (χ1n) is 10.2. The van der Waals surface area contributed by atoms with Crippen LogP contribution in [0.4, 0.5) is 11.4 Å². The predicted molar refractivity (Wildman–Crippen MR) is 125 cm³/mol. The van der Waals surface area contributed by atoms with Crippen molar-refractivity contribution in [3.05, 3.63) is 77.9 Å². The van der Waals surface area contributed by atoms with Crippen LogP contribution in [0.2, 0.25) is 0 Å². The fourth-order valence-electron chi connectivity index (χ4n) is 2.95. The Balaban J connectivity index is 1.71. The van der Waals surface area contributed by atoms with Gasteiger partial charge in [0.25, 0.3) is 15.9 Å². The minimum Gasteiger partial charge on any atom is -0.490 e. The Morgan fingerprint density at radius 3 is 2.03 bits per heavy atom. The second kappa shape index (κ2) is 10.2. The smallest absolute Gasteiger partial charge is 0.261 e. The third-order valence-electron chi connectivity index (χ3n) is 4.53. The predicted octanol–water partition coefficient (Wildman–Crippen LogP) is 4.85. The van der Waals surface area contributed by atoms with Crippen LogP contribution in [0, 0.1) is 6.92 Å². The van der Waals surface area contributed by atoms with E-state index < -0.39 is 10.0 Å².